The third-order valence-corrected chi connectivity index (χ3v) is 2.98. The van der Waals surface area contributed by atoms with Crippen LogP contribution in [0.3, 0.4) is 0 Å². The standard InChI is InChI=1S/C18H17NO2/c1-14-13-16(11-10-15(14)7-5-6-12-20)18(21)19-17-8-3-2-4-9-17/h2-4,8-11,13,20H,6,12H2,1H3,(H,19,21). The van der Waals surface area contributed by atoms with E-state index >= 15 is 0 Å². The van der Waals surface area contributed by atoms with E-state index in [9.17, 15) is 4.79 Å². The molecule has 0 aliphatic rings. The molecular formula is C18H17NO2. The number of hydrogen-bond acceptors (Lipinski definition) is 2. The van der Waals surface area contributed by atoms with E-state index in [1.807, 2.05) is 49.4 Å². The van der Waals surface area contributed by atoms with E-state index in [1.54, 1.807) is 6.07 Å². The average Bonchev–Trinajstić information content (AvgIpc) is 2.50. The molecule has 0 bridgehead atoms. The van der Waals surface area contributed by atoms with E-state index < -0.39 is 0 Å². The van der Waals surface area contributed by atoms with E-state index in [0.717, 1.165) is 16.8 Å². The number of amides is 1. The quantitative estimate of drug-likeness (QED) is 0.849. The second-order valence-electron chi connectivity index (χ2n) is 4.63. The van der Waals surface area contributed by atoms with Gasteiger partial charge in [-0.25, -0.2) is 0 Å². The number of benzene rings is 2. The molecule has 0 unspecified atom stereocenters. The lowest BCUT2D eigenvalue weighted by molar-refractivity contribution is 0.102. The normalized spacial score (nSPS) is 9.62. The van der Waals surface area contributed by atoms with Crippen molar-refractivity contribution in [1.82, 2.24) is 0 Å². The number of hydrogen-bond donors (Lipinski definition) is 2. The van der Waals surface area contributed by atoms with Gasteiger partial charge >= 0.3 is 0 Å². The van der Waals surface area contributed by atoms with Crippen molar-refractivity contribution in [3.8, 4) is 11.8 Å². The van der Waals surface area contributed by atoms with Gasteiger partial charge in [-0.05, 0) is 42.8 Å². The summed E-state index contributed by atoms with van der Waals surface area (Å²) in [6.07, 6.45) is 0.454. The minimum absolute atomic E-state index is 0.0591. The van der Waals surface area contributed by atoms with Gasteiger partial charge in [0.25, 0.3) is 5.91 Å². The zero-order valence-electron chi connectivity index (χ0n) is 11.9. The minimum atomic E-state index is -0.140. The number of para-hydroxylation sites is 1. The van der Waals surface area contributed by atoms with Gasteiger partial charge in [0, 0.05) is 23.2 Å². The van der Waals surface area contributed by atoms with E-state index in [1.165, 1.54) is 0 Å². The van der Waals surface area contributed by atoms with Gasteiger partial charge in [-0.1, -0.05) is 30.0 Å². The zero-order valence-corrected chi connectivity index (χ0v) is 11.9. The van der Waals surface area contributed by atoms with Gasteiger partial charge in [-0.15, -0.1) is 0 Å². The summed E-state index contributed by atoms with van der Waals surface area (Å²) in [7, 11) is 0. The molecule has 0 saturated carbocycles. The van der Waals surface area contributed by atoms with Gasteiger partial charge in [0.05, 0.1) is 6.61 Å². The molecule has 0 aliphatic carbocycles. The summed E-state index contributed by atoms with van der Waals surface area (Å²) in [4.78, 5) is 12.2. The van der Waals surface area contributed by atoms with Crippen LogP contribution >= 0.6 is 0 Å². The third-order valence-electron chi connectivity index (χ3n) is 2.98. The topological polar surface area (TPSA) is 49.3 Å². The summed E-state index contributed by atoms with van der Waals surface area (Å²) in [5, 5.41) is 11.6. The number of carbonyl (C=O) groups is 1. The van der Waals surface area contributed by atoms with Crippen LogP contribution in [-0.2, 0) is 0 Å². The molecule has 0 spiro atoms. The number of nitrogens with one attached hydrogen (secondary N) is 1. The highest BCUT2D eigenvalue weighted by atomic mass is 16.2. The van der Waals surface area contributed by atoms with Crippen LogP contribution < -0.4 is 5.32 Å². The molecule has 0 heterocycles. The van der Waals surface area contributed by atoms with Crippen LogP contribution in [0.15, 0.2) is 48.5 Å². The first-order valence-electron chi connectivity index (χ1n) is 6.77. The first kappa shape index (κ1) is 14.8. The Morgan fingerprint density at radius 1 is 1.19 bits per heavy atom. The van der Waals surface area contributed by atoms with Crippen LogP contribution in [0.1, 0.15) is 27.9 Å². The summed E-state index contributed by atoms with van der Waals surface area (Å²) < 4.78 is 0. The largest absolute Gasteiger partial charge is 0.395 e. The number of carbonyl (C=O) groups excluding carboxylic acids is 1. The molecule has 3 nitrogen and oxygen atoms in total. The van der Waals surface area contributed by atoms with Gasteiger partial charge in [0.15, 0.2) is 0 Å². The minimum Gasteiger partial charge on any atom is -0.395 e. The van der Waals surface area contributed by atoms with Crippen LogP contribution in [0, 0.1) is 18.8 Å². The molecule has 21 heavy (non-hydrogen) atoms. The molecule has 106 valence electrons. The Hall–Kier alpha value is -2.57. The van der Waals surface area contributed by atoms with Crippen molar-refractivity contribution in [2.45, 2.75) is 13.3 Å². The molecule has 0 atom stereocenters. The summed E-state index contributed by atoms with van der Waals surface area (Å²) >= 11 is 0. The number of aliphatic hydroxyl groups excluding tert-OH is 1. The van der Waals surface area contributed by atoms with Gasteiger partial charge in [-0.3, -0.25) is 4.79 Å². The summed E-state index contributed by atoms with van der Waals surface area (Å²) in [6.45, 7) is 1.98. The van der Waals surface area contributed by atoms with Crippen LogP contribution in [0.2, 0.25) is 0 Å². The predicted octanol–water partition coefficient (Wildman–Crippen LogP) is 2.98. The van der Waals surface area contributed by atoms with Crippen molar-refractivity contribution in [2.24, 2.45) is 0 Å². The highest BCUT2D eigenvalue weighted by molar-refractivity contribution is 6.04. The van der Waals surface area contributed by atoms with Crippen molar-refractivity contribution in [3.05, 3.63) is 65.2 Å². The maximum absolute atomic E-state index is 12.2. The van der Waals surface area contributed by atoms with Crippen LogP contribution in [0.5, 0.6) is 0 Å². The van der Waals surface area contributed by atoms with Gasteiger partial charge in [0.1, 0.15) is 0 Å². The smallest absolute Gasteiger partial charge is 0.255 e. The molecule has 0 fully saturated rings. The molecule has 0 radical (unpaired) electrons. The maximum atomic E-state index is 12.2. The summed E-state index contributed by atoms with van der Waals surface area (Å²) in [6, 6.07) is 14.8. The molecule has 2 rings (SSSR count). The van der Waals surface area contributed by atoms with E-state index in [2.05, 4.69) is 17.2 Å². The summed E-state index contributed by atoms with van der Waals surface area (Å²) in [5.41, 5.74) is 3.19. The first-order valence-corrected chi connectivity index (χ1v) is 6.77. The maximum Gasteiger partial charge on any atom is 0.255 e. The molecule has 2 aromatic carbocycles. The zero-order chi connectivity index (χ0) is 15.1. The van der Waals surface area contributed by atoms with Crippen molar-refractivity contribution < 1.29 is 9.90 Å². The van der Waals surface area contributed by atoms with Crippen molar-refractivity contribution in [1.29, 1.82) is 0 Å². The lowest BCUT2D eigenvalue weighted by Crippen LogP contribution is -2.12. The Morgan fingerprint density at radius 3 is 2.62 bits per heavy atom. The Kier molecular flexibility index (Phi) is 5.14. The highest BCUT2D eigenvalue weighted by Crippen LogP contribution is 2.13. The Balaban J connectivity index is 2.13. The van der Waals surface area contributed by atoms with Crippen LogP contribution in [-0.4, -0.2) is 17.6 Å². The van der Waals surface area contributed by atoms with Crippen LogP contribution in [0.4, 0.5) is 5.69 Å². The SMILES string of the molecule is Cc1cc(C(=O)Nc2ccccc2)ccc1C#CCCO. The molecule has 0 aromatic heterocycles. The van der Waals surface area contributed by atoms with Gasteiger partial charge in [-0.2, -0.15) is 0 Å². The Labute approximate surface area is 124 Å². The molecular weight excluding hydrogens is 262 g/mol. The fraction of sp³-hybridized carbons (Fsp3) is 0.167. The lowest BCUT2D eigenvalue weighted by Gasteiger charge is -2.06. The van der Waals surface area contributed by atoms with Crippen molar-refractivity contribution in [3.63, 3.8) is 0 Å². The Bertz CT molecular complexity index is 681. The number of aliphatic hydroxyl groups is 1. The fourth-order valence-electron chi connectivity index (χ4n) is 1.88. The second kappa shape index (κ2) is 7.28. The molecule has 0 aliphatic heterocycles. The third kappa shape index (κ3) is 4.20. The monoisotopic (exact) mass is 279 g/mol. The molecule has 2 aromatic rings. The van der Waals surface area contributed by atoms with E-state index in [-0.39, 0.29) is 12.5 Å². The first-order chi connectivity index (χ1) is 10.2. The molecule has 1 amide bonds. The Morgan fingerprint density at radius 2 is 1.95 bits per heavy atom. The molecule has 3 heteroatoms. The van der Waals surface area contributed by atoms with Gasteiger partial charge < -0.3 is 10.4 Å². The molecule has 2 N–H and O–H groups in total. The predicted molar refractivity (Wildman–Crippen MR) is 84.2 cm³/mol. The van der Waals surface area contributed by atoms with Gasteiger partial charge in [0.2, 0.25) is 0 Å². The fourth-order valence-corrected chi connectivity index (χ4v) is 1.88. The highest BCUT2D eigenvalue weighted by Gasteiger charge is 2.07. The number of rotatable bonds is 3. The summed E-state index contributed by atoms with van der Waals surface area (Å²) in [5.74, 6) is 5.73. The van der Waals surface area contributed by atoms with E-state index in [4.69, 9.17) is 5.11 Å². The average molecular weight is 279 g/mol. The number of anilines is 1. The van der Waals surface area contributed by atoms with Crippen molar-refractivity contribution >= 4 is 11.6 Å². The van der Waals surface area contributed by atoms with Crippen molar-refractivity contribution in [2.75, 3.05) is 11.9 Å². The number of aryl methyl sites for hydroxylation is 1. The van der Waals surface area contributed by atoms with Crippen LogP contribution in [0.25, 0.3) is 0 Å². The lowest BCUT2D eigenvalue weighted by atomic mass is 10.0. The molecule has 0 saturated heterocycles. The van der Waals surface area contributed by atoms with E-state index in [0.29, 0.717) is 12.0 Å². The second-order valence-corrected chi connectivity index (χ2v) is 4.63.